The molecule has 1 heteroatoms. The second kappa shape index (κ2) is 4.26. The summed E-state index contributed by atoms with van der Waals surface area (Å²) in [6, 6.07) is 12.6. The van der Waals surface area contributed by atoms with Crippen molar-refractivity contribution in [1.82, 2.24) is 4.98 Å². The van der Waals surface area contributed by atoms with Gasteiger partial charge in [-0.2, -0.15) is 0 Å². The molecule has 1 aromatic carbocycles. The SMILES string of the molecule is CC(C)c1cncc(-c2ccccc2)c1. The monoisotopic (exact) mass is 197 g/mol. The Labute approximate surface area is 90.8 Å². The molecule has 0 unspecified atom stereocenters. The van der Waals surface area contributed by atoms with Gasteiger partial charge in [-0.1, -0.05) is 44.2 Å². The first-order valence-electron chi connectivity index (χ1n) is 5.28. The summed E-state index contributed by atoms with van der Waals surface area (Å²) in [5, 5.41) is 0. The summed E-state index contributed by atoms with van der Waals surface area (Å²) in [6.07, 6.45) is 3.86. The third-order valence-electron chi connectivity index (χ3n) is 2.53. The fraction of sp³-hybridized carbons (Fsp3) is 0.214. The standard InChI is InChI=1S/C14H15N/c1-11(2)13-8-14(10-15-9-13)12-6-4-3-5-7-12/h3-11H,1-2H3. The Kier molecular flexibility index (Phi) is 2.82. The van der Waals surface area contributed by atoms with Crippen molar-refractivity contribution >= 4 is 0 Å². The minimum atomic E-state index is 0.529. The van der Waals surface area contributed by atoms with E-state index in [2.05, 4.69) is 49.2 Å². The van der Waals surface area contributed by atoms with E-state index < -0.39 is 0 Å². The number of rotatable bonds is 2. The smallest absolute Gasteiger partial charge is 0.0346 e. The Morgan fingerprint density at radius 3 is 2.33 bits per heavy atom. The van der Waals surface area contributed by atoms with Crippen LogP contribution in [0.3, 0.4) is 0 Å². The Morgan fingerprint density at radius 1 is 0.933 bits per heavy atom. The summed E-state index contributed by atoms with van der Waals surface area (Å²) in [4.78, 5) is 4.28. The van der Waals surface area contributed by atoms with Gasteiger partial charge < -0.3 is 0 Å². The highest BCUT2D eigenvalue weighted by Gasteiger charge is 2.02. The van der Waals surface area contributed by atoms with Gasteiger partial charge in [0.1, 0.15) is 0 Å². The van der Waals surface area contributed by atoms with Gasteiger partial charge in [0, 0.05) is 18.0 Å². The molecule has 2 aromatic rings. The molecule has 0 aliphatic rings. The number of hydrogen-bond acceptors (Lipinski definition) is 1. The first-order valence-corrected chi connectivity index (χ1v) is 5.28. The van der Waals surface area contributed by atoms with Crippen LogP contribution in [0.4, 0.5) is 0 Å². The maximum absolute atomic E-state index is 4.28. The molecule has 1 nitrogen and oxygen atoms in total. The highest BCUT2D eigenvalue weighted by molar-refractivity contribution is 5.62. The van der Waals surface area contributed by atoms with E-state index in [1.54, 1.807) is 0 Å². The van der Waals surface area contributed by atoms with E-state index in [-0.39, 0.29) is 0 Å². The summed E-state index contributed by atoms with van der Waals surface area (Å²) in [5.74, 6) is 0.529. The van der Waals surface area contributed by atoms with Crippen LogP contribution in [0.2, 0.25) is 0 Å². The average Bonchev–Trinajstić information content (AvgIpc) is 2.30. The Morgan fingerprint density at radius 2 is 1.67 bits per heavy atom. The van der Waals surface area contributed by atoms with Gasteiger partial charge in [-0.25, -0.2) is 0 Å². The predicted octanol–water partition coefficient (Wildman–Crippen LogP) is 3.87. The van der Waals surface area contributed by atoms with Gasteiger partial charge in [0.15, 0.2) is 0 Å². The Hall–Kier alpha value is -1.63. The molecule has 0 fully saturated rings. The number of pyridine rings is 1. The highest BCUT2D eigenvalue weighted by Crippen LogP contribution is 2.22. The fourth-order valence-electron chi connectivity index (χ4n) is 1.56. The van der Waals surface area contributed by atoms with Gasteiger partial charge in [-0.3, -0.25) is 4.98 Å². The molecule has 76 valence electrons. The molecule has 15 heavy (non-hydrogen) atoms. The van der Waals surface area contributed by atoms with E-state index in [0.29, 0.717) is 5.92 Å². The lowest BCUT2D eigenvalue weighted by molar-refractivity contribution is 0.859. The van der Waals surface area contributed by atoms with Crippen LogP contribution in [0.5, 0.6) is 0 Å². The molecule has 0 spiro atoms. The Balaban J connectivity index is 2.42. The molecule has 0 radical (unpaired) electrons. The minimum absolute atomic E-state index is 0.529. The lowest BCUT2D eigenvalue weighted by Crippen LogP contribution is -1.89. The minimum Gasteiger partial charge on any atom is -0.264 e. The molecular formula is C14H15N. The van der Waals surface area contributed by atoms with E-state index in [0.717, 1.165) is 0 Å². The Bertz CT molecular complexity index is 432. The molecule has 0 bridgehead atoms. The normalized spacial score (nSPS) is 10.6. The van der Waals surface area contributed by atoms with E-state index in [1.807, 2.05) is 18.5 Å². The number of hydrogen-bond donors (Lipinski definition) is 0. The van der Waals surface area contributed by atoms with Crippen molar-refractivity contribution in [1.29, 1.82) is 0 Å². The van der Waals surface area contributed by atoms with Gasteiger partial charge in [-0.05, 0) is 23.1 Å². The molecule has 0 saturated carbocycles. The predicted molar refractivity (Wildman–Crippen MR) is 63.8 cm³/mol. The van der Waals surface area contributed by atoms with Crippen LogP contribution in [-0.4, -0.2) is 4.98 Å². The van der Waals surface area contributed by atoms with Crippen molar-refractivity contribution in [3.8, 4) is 11.1 Å². The molecule has 0 amide bonds. The third-order valence-corrected chi connectivity index (χ3v) is 2.53. The van der Waals surface area contributed by atoms with Gasteiger partial charge >= 0.3 is 0 Å². The molecule has 0 aliphatic carbocycles. The number of aromatic nitrogens is 1. The van der Waals surface area contributed by atoms with Crippen molar-refractivity contribution in [2.75, 3.05) is 0 Å². The van der Waals surface area contributed by atoms with Crippen LogP contribution >= 0.6 is 0 Å². The summed E-state index contributed by atoms with van der Waals surface area (Å²) >= 11 is 0. The molecule has 1 aromatic heterocycles. The first kappa shape index (κ1) is 9.91. The first-order chi connectivity index (χ1) is 7.27. The van der Waals surface area contributed by atoms with Crippen LogP contribution in [-0.2, 0) is 0 Å². The lowest BCUT2D eigenvalue weighted by Gasteiger charge is -2.07. The van der Waals surface area contributed by atoms with Crippen LogP contribution in [0.25, 0.3) is 11.1 Å². The van der Waals surface area contributed by atoms with Crippen LogP contribution in [0.15, 0.2) is 48.8 Å². The second-order valence-corrected chi connectivity index (χ2v) is 4.03. The molecule has 0 saturated heterocycles. The van der Waals surface area contributed by atoms with E-state index in [1.165, 1.54) is 16.7 Å². The van der Waals surface area contributed by atoms with Gasteiger partial charge in [0.25, 0.3) is 0 Å². The second-order valence-electron chi connectivity index (χ2n) is 4.03. The van der Waals surface area contributed by atoms with Crippen molar-refractivity contribution in [3.63, 3.8) is 0 Å². The third kappa shape index (κ3) is 2.24. The van der Waals surface area contributed by atoms with Crippen molar-refractivity contribution in [3.05, 3.63) is 54.4 Å². The van der Waals surface area contributed by atoms with Crippen molar-refractivity contribution < 1.29 is 0 Å². The maximum atomic E-state index is 4.28. The molecule has 1 heterocycles. The zero-order chi connectivity index (χ0) is 10.7. The van der Waals surface area contributed by atoms with E-state index in [4.69, 9.17) is 0 Å². The molecule has 0 atom stereocenters. The fourth-order valence-corrected chi connectivity index (χ4v) is 1.56. The number of nitrogens with zero attached hydrogens (tertiary/aromatic N) is 1. The number of benzene rings is 1. The van der Waals surface area contributed by atoms with Gasteiger partial charge in [-0.15, -0.1) is 0 Å². The highest BCUT2D eigenvalue weighted by atomic mass is 14.6. The summed E-state index contributed by atoms with van der Waals surface area (Å²) < 4.78 is 0. The molecule has 2 rings (SSSR count). The van der Waals surface area contributed by atoms with Crippen molar-refractivity contribution in [2.45, 2.75) is 19.8 Å². The van der Waals surface area contributed by atoms with E-state index in [9.17, 15) is 0 Å². The average molecular weight is 197 g/mol. The molecular weight excluding hydrogens is 182 g/mol. The van der Waals surface area contributed by atoms with Crippen LogP contribution in [0.1, 0.15) is 25.3 Å². The lowest BCUT2D eigenvalue weighted by atomic mass is 10.0. The molecule has 0 N–H and O–H groups in total. The zero-order valence-electron chi connectivity index (χ0n) is 9.14. The molecule has 0 aliphatic heterocycles. The maximum Gasteiger partial charge on any atom is 0.0346 e. The quantitative estimate of drug-likeness (QED) is 0.712. The van der Waals surface area contributed by atoms with Gasteiger partial charge in [0.2, 0.25) is 0 Å². The summed E-state index contributed by atoms with van der Waals surface area (Å²) in [5.41, 5.74) is 3.71. The van der Waals surface area contributed by atoms with Gasteiger partial charge in [0.05, 0.1) is 0 Å². The van der Waals surface area contributed by atoms with Crippen LogP contribution < -0.4 is 0 Å². The zero-order valence-corrected chi connectivity index (χ0v) is 9.14. The summed E-state index contributed by atoms with van der Waals surface area (Å²) in [6.45, 7) is 4.37. The van der Waals surface area contributed by atoms with E-state index >= 15 is 0 Å². The van der Waals surface area contributed by atoms with Crippen LogP contribution in [0, 0.1) is 0 Å². The topological polar surface area (TPSA) is 12.9 Å². The van der Waals surface area contributed by atoms with Crippen molar-refractivity contribution in [2.24, 2.45) is 0 Å². The largest absolute Gasteiger partial charge is 0.264 e. The summed E-state index contributed by atoms with van der Waals surface area (Å²) in [7, 11) is 0.